The van der Waals surface area contributed by atoms with Crippen molar-refractivity contribution in [2.75, 3.05) is 12.5 Å². The number of para-hydroxylation sites is 2. The second-order valence-electron chi connectivity index (χ2n) is 4.12. The highest BCUT2D eigenvalue weighted by atomic mass is 32.2. The van der Waals surface area contributed by atoms with Crippen LogP contribution in [0.2, 0.25) is 0 Å². The molecule has 0 fully saturated rings. The average molecular weight is 286 g/mol. The average Bonchev–Trinajstić information content (AvgIpc) is 2.79. The molecule has 96 valence electrons. The monoisotopic (exact) mass is 286 g/mol. The molecule has 19 heavy (non-hydrogen) atoms. The lowest BCUT2D eigenvalue weighted by atomic mass is 10.2. The van der Waals surface area contributed by atoms with E-state index in [2.05, 4.69) is 61.0 Å². The van der Waals surface area contributed by atoms with E-state index in [0.29, 0.717) is 0 Å². The first-order chi connectivity index (χ1) is 9.35. The highest BCUT2D eigenvalue weighted by Gasteiger charge is 2.09. The maximum atomic E-state index is 4.77. The fourth-order valence-corrected chi connectivity index (χ4v) is 3.25. The number of fused-ring (bicyclic) bond motifs is 3. The van der Waals surface area contributed by atoms with Crippen LogP contribution in [0.3, 0.4) is 0 Å². The van der Waals surface area contributed by atoms with E-state index in [-0.39, 0.29) is 0 Å². The fourth-order valence-electron chi connectivity index (χ4n) is 2.26. The summed E-state index contributed by atoms with van der Waals surface area (Å²) in [6.45, 7) is 0. The van der Waals surface area contributed by atoms with E-state index >= 15 is 0 Å². The van der Waals surface area contributed by atoms with Gasteiger partial charge in [-0.3, -0.25) is 0 Å². The van der Waals surface area contributed by atoms with E-state index in [1.165, 1.54) is 10.8 Å². The Morgan fingerprint density at radius 2 is 1.32 bits per heavy atom. The summed E-state index contributed by atoms with van der Waals surface area (Å²) < 4.78 is 3.11. The minimum absolute atomic E-state index is 1.06. The van der Waals surface area contributed by atoms with Gasteiger partial charge in [0, 0.05) is 10.8 Å². The molecule has 0 bridgehead atoms. The first kappa shape index (κ1) is 12.6. The van der Waals surface area contributed by atoms with Crippen LogP contribution in [0.5, 0.6) is 0 Å². The van der Waals surface area contributed by atoms with Crippen molar-refractivity contribution >= 4 is 49.7 Å². The summed E-state index contributed by atoms with van der Waals surface area (Å²) in [5.74, 6) is 0. The van der Waals surface area contributed by atoms with Crippen molar-refractivity contribution in [3.63, 3.8) is 0 Å². The van der Waals surface area contributed by atoms with E-state index in [4.69, 9.17) is 5.10 Å². The molecule has 1 heterocycles. The van der Waals surface area contributed by atoms with Gasteiger partial charge in [0.2, 0.25) is 0 Å². The van der Waals surface area contributed by atoms with Gasteiger partial charge in [0.05, 0.1) is 11.0 Å². The molecule has 0 aliphatic heterocycles. The second kappa shape index (κ2) is 5.31. The number of benzene rings is 2. The van der Waals surface area contributed by atoms with Crippen molar-refractivity contribution in [3.8, 4) is 0 Å². The molecule has 0 spiro atoms. The minimum atomic E-state index is 1.06. The number of thioether (sulfide) groups is 2. The van der Waals surface area contributed by atoms with E-state index < -0.39 is 0 Å². The quantitative estimate of drug-likeness (QED) is 0.479. The molecule has 2 aromatic carbocycles. The van der Waals surface area contributed by atoms with Crippen LogP contribution in [0.1, 0.15) is 0 Å². The predicted octanol–water partition coefficient (Wildman–Crippen LogP) is 4.64. The molecule has 0 saturated heterocycles. The third-order valence-electron chi connectivity index (χ3n) is 3.09. The number of hydrogen-bond acceptors (Lipinski definition) is 3. The lowest BCUT2D eigenvalue weighted by Gasteiger charge is -2.02. The topological polar surface area (TPSA) is 17.3 Å². The maximum absolute atomic E-state index is 4.77. The molecule has 0 N–H and O–H groups in total. The molecule has 0 aliphatic carbocycles. The summed E-state index contributed by atoms with van der Waals surface area (Å²) in [5, 5.41) is 7.28. The van der Waals surface area contributed by atoms with E-state index in [9.17, 15) is 0 Å². The number of hydrogen-bond donors (Lipinski definition) is 0. The Bertz CT molecular complexity index is 700. The Hall–Kier alpha value is -1.39. The van der Waals surface area contributed by atoms with Gasteiger partial charge in [-0.25, -0.2) is 4.68 Å². The van der Waals surface area contributed by atoms with Crippen LogP contribution in [0.15, 0.2) is 53.6 Å². The molecule has 0 atom stereocenters. The van der Waals surface area contributed by atoms with Gasteiger partial charge in [0.25, 0.3) is 0 Å². The van der Waals surface area contributed by atoms with Gasteiger partial charge in [0.1, 0.15) is 4.38 Å². The minimum Gasteiger partial charge on any atom is -0.231 e. The molecule has 0 radical (unpaired) electrons. The molecule has 0 saturated carbocycles. The van der Waals surface area contributed by atoms with Gasteiger partial charge in [-0.2, -0.15) is 5.10 Å². The van der Waals surface area contributed by atoms with Crippen molar-refractivity contribution in [3.05, 3.63) is 48.5 Å². The number of rotatable bonds is 1. The maximum Gasteiger partial charge on any atom is 0.150 e. The van der Waals surface area contributed by atoms with E-state index in [0.717, 1.165) is 15.4 Å². The lowest BCUT2D eigenvalue weighted by Crippen LogP contribution is -1.93. The summed E-state index contributed by atoms with van der Waals surface area (Å²) >= 11 is 3.35. The third-order valence-corrected chi connectivity index (χ3v) is 4.95. The summed E-state index contributed by atoms with van der Waals surface area (Å²) in [5.41, 5.74) is 2.31. The third kappa shape index (κ3) is 2.15. The molecular formula is C15H14N2S2. The van der Waals surface area contributed by atoms with Crippen LogP contribution in [0.25, 0.3) is 21.8 Å². The zero-order valence-corrected chi connectivity index (χ0v) is 12.5. The normalized spacial score (nSPS) is 11.1. The van der Waals surface area contributed by atoms with E-state index in [1.54, 1.807) is 23.5 Å². The van der Waals surface area contributed by atoms with E-state index in [1.807, 2.05) is 4.68 Å². The molecule has 3 aromatic rings. The summed E-state index contributed by atoms with van der Waals surface area (Å²) in [6.07, 6.45) is 4.12. The molecule has 0 unspecified atom stereocenters. The van der Waals surface area contributed by atoms with Gasteiger partial charge >= 0.3 is 0 Å². The van der Waals surface area contributed by atoms with Crippen LogP contribution >= 0.6 is 23.5 Å². The van der Waals surface area contributed by atoms with Gasteiger partial charge in [0.15, 0.2) is 0 Å². The molecule has 0 amide bonds. The van der Waals surface area contributed by atoms with Gasteiger partial charge in [-0.05, 0) is 24.6 Å². The van der Waals surface area contributed by atoms with Crippen molar-refractivity contribution in [2.24, 2.45) is 5.10 Å². The first-order valence-corrected chi connectivity index (χ1v) is 8.45. The van der Waals surface area contributed by atoms with Gasteiger partial charge in [-0.15, -0.1) is 23.5 Å². The molecule has 4 heteroatoms. The molecular weight excluding hydrogens is 272 g/mol. The fraction of sp³-hybridized carbons (Fsp3) is 0.133. The Morgan fingerprint density at radius 1 is 0.842 bits per heavy atom. The van der Waals surface area contributed by atoms with Crippen LogP contribution in [0, 0.1) is 0 Å². The Balaban J connectivity index is 2.40. The Labute approximate surface area is 120 Å². The van der Waals surface area contributed by atoms with Gasteiger partial charge in [-0.1, -0.05) is 36.4 Å². The van der Waals surface area contributed by atoms with Crippen LogP contribution in [-0.2, 0) is 0 Å². The Kier molecular flexibility index (Phi) is 3.53. The van der Waals surface area contributed by atoms with Crippen molar-refractivity contribution in [1.82, 2.24) is 4.68 Å². The number of nitrogens with zero attached hydrogens (tertiary/aromatic N) is 2. The SMILES string of the molecule is CSC(=Nn1c2ccccc2c2ccccc21)SC. The highest BCUT2D eigenvalue weighted by molar-refractivity contribution is 8.38. The summed E-state index contributed by atoms with van der Waals surface area (Å²) in [7, 11) is 0. The van der Waals surface area contributed by atoms with Crippen molar-refractivity contribution in [1.29, 1.82) is 0 Å². The highest BCUT2D eigenvalue weighted by Crippen LogP contribution is 2.29. The largest absolute Gasteiger partial charge is 0.231 e. The second-order valence-corrected chi connectivity index (χ2v) is 5.97. The smallest absolute Gasteiger partial charge is 0.150 e. The molecule has 0 aliphatic rings. The zero-order valence-electron chi connectivity index (χ0n) is 10.8. The molecule has 2 nitrogen and oxygen atoms in total. The first-order valence-electron chi connectivity index (χ1n) is 6.00. The van der Waals surface area contributed by atoms with Crippen LogP contribution < -0.4 is 0 Å². The summed E-state index contributed by atoms with van der Waals surface area (Å²) in [4.78, 5) is 0. The standard InChI is InChI=1S/C15H14N2S2/c1-18-15(19-2)16-17-13-9-5-3-7-11(13)12-8-4-6-10-14(12)17/h3-10H,1-2H3. The summed E-state index contributed by atoms with van der Waals surface area (Å²) in [6, 6.07) is 16.8. The van der Waals surface area contributed by atoms with Gasteiger partial charge < -0.3 is 0 Å². The predicted molar refractivity (Wildman–Crippen MR) is 89.3 cm³/mol. The lowest BCUT2D eigenvalue weighted by molar-refractivity contribution is 0.977. The zero-order chi connectivity index (χ0) is 13.2. The molecule has 3 rings (SSSR count). The number of aromatic nitrogens is 1. The molecule has 1 aromatic heterocycles. The van der Waals surface area contributed by atoms with Crippen LogP contribution in [0.4, 0.5) is 0 Å². The van der Waals surface area contributed by atoms with Crippen LogP contribution in [-0.4, -0.2) is 21.6 Å². The Morgan fingerprint density at radius 3 is 1.79 bits per heavy atom. The van der Waals surface area contributed by atoms with Crippen molar-refractivity contribution < 1.29 is 0 Å². The van der Waals surface area contributed by atoms with Crippen molar-refractivity contribution in [2.45, 2.75) is 0 Å².